The number of hydrogen-bond donors (Lipinski definition) is 1. The number of nitrogens with one attached hydrogen (secondary N) is 1. The maximum absolute atomic E-state index is 11.0. The second kappa shape index (κ2) is 7.07. The molecular formula is C13H14N2O2. The Morgan fingerprint density at radius 2 is 2.18 bits per heavy atom. The van der Waals surface area contributed by atoms with Gasteiger partial charge in [0.15, 0.2) is 0 Å². The molecule has 0 fully saturated rings. The van der Waals surface area contributed by atoms with Crippen molar-refractivity contribution in [3.63, 3.8) is 0 Å². The molecule has 0 heterocycles. The summed E-state index contributed by atoms with van der Waals surface area (Å²) >= 11 is 0. The van der Waals surface area contributed by atoms with E-state index in [1.54, 1.807) is 25.1 Å². The standard InChI is InChI=1S/C13H14N2O2/c1-2-17-13(16)4-3-9-15-12-7-5-11(10-14)6-8-12/h3-8,15H,2,9H2,1H3/b4-3+. The highest BCUT2D eigenvalue weighted by Gasteiger charge is 1.93. The maximum atomic E-state index is 11.0. The molecule has 4 heteroatoms. The zero-order valence-corrected chi connectivity index (χ0v) is 9.64. The minimum absolute atomic E-state index is 0.339. The second-order valence-electron chi connectivity index (χ2n) is 3.22. The van der Waals surface area contributed by atoms with E-state index in [2.05, 4.69) is 5.32 Å². The smallest absolute Gasteiger partial charge is 0.330 e. The number of nitrogens with zero attached hydrogens (tertiary/aromatic N) is 1. The Labute approximate surface area is 101 Å². The molecule has 0 spiro atoms. The van der Waals surface area contributed by atoms with Crippen molar-refractivity contribution in [3.05, 3.63) is 42.0 Å². The summed E-state index contributed by atoms with van der Waals surface area (Å²) in [5.74, 6) is -0.339. The minimum Gasteiger partial charge on any atom is -0.463 e. The number of carbonyl (C=O) groups is 1. The summed E-state index contributed by atoms with van der Waals surface area (Å²) in [5, 5.41) is 11.7. The predicted octanol–water partition coefficient (Wildman–Crippen LogP) is 2.09. The molecule has 0 bridgehead atoms. The van der Waals surface area contributed by atoms with Crippen LogP contribution in [0, 0.1) is 11.3 Å². The maximum Gasteiger partial charge on any atom is 0.330 e. The van der Waals surface area contributed by atoms with Gasteiger partial charge in [0.25, 0.3) is 0 Å². The number of rotatable bonds is 5. The van der Waals surface area contributed by atoms with E-state index in [9.17, 15) is 4.79 Å². The fourth-order valence-corrected chi connectivity index (χ4v) is 1.18. The number of carbonyl (C=O) groups excluding carboxylic acids is 1. The van der Waals surface area contributed by atoms with Gasteiger partial charge in [-0.25, -0.2) is 4.79 Å². The molecule has 0 saturated carbocycles. The van der Waals surface area contributed by atoms with E-state index in [0.717, 1.165) is 5.69 Å². The third kappa shape index (κ3) is 4.85. The Balaban J connectivity index is 2.36. The van der Waals surface area contributed by atoms with Crippen molar-refractivity contribution in [1.82, 2.24) is 0 Å². The van der Waals surface area contributed by atoms with E-state index in [-0.39, 0.29) is 5.97 Å². The van der Waals surface area contributed by atoms with Crippen LogP contribution in [0.3, 0.4) is 0 Å². The number of hydrogen-bond acceptors (Lipinski definition) is 4. The van der Waals surface area contributed by atoms with Crippen molar-refractivity contribution < 1.29 is 9.53 Å². The Morgan fingerprint density at radius 1 is 1.47 bits per heavy atom. The van der Waals surface area contributed by atoms with Crippen LogP contribution in [-0.2, 0) is 9.53 Å². The van der Waals surface area contributed by atoms with Gasteiger partial charge < -0.3 is 10.1 Å². The van der Waals surface area contributed by atoms with Gasteiger partial charge in [0, 0.05) is 18.3 Å². The number of anilines is 1. The summed E-state index contributed by atoms with van der Waals surface area (Å²) in [6.07, 6.45) is 3.08. The summed E-state index contributed by atoms with van der Waals surface area (Å²) in [7, 11) is 0. The second-order valence-corrected chi connectivity index (χ2v) is 3.22. The third-order valence-electron chi connectivity index (χ3n) is 1.98. The fourth-order valence-electron chi connectivity index (χ4n) is 1.18. The molecule has 1 rings (SSSR count). The van der Waals surface area contributed by atoms with Gasteiger partial charge in [-0.2, -0.15) is 5.26 Å². The molecule has 0 radical (unpaired) electrons. The first-order valence-corrected chi connectivity index (χ1v) is 5.33. The average Bonchev–Trinajstić information content (AvgIpc) is 2.36. The minimum atomic E-state index is -0.339. The first-order valence-electron chi connectivity index (χ1n) is 5.33. The highest BCUT2D eigenvalue weighted by Crippen LogP contribution is 2.07. The molecule has 0 aliphatic carbocycles. The number of nitriles is 1. The van der Waals surface area contributed by atoms with Gasteiger partial charge in [0.05, 0.1) is 18.2 Å². The molecule has 0 aliphatic rings. The van der Waals surface area contributed by atoms with Crippen molar-refractivity contribution in [2.24, 2.45) is 0 Å². The van der Waals surface area contributed by atoms with Crippen molar-refractivity contribution >= 4 is 11.7 Å². The molecule has 1 N–H and O–H groups in total. The van der Waals surface area contributed by atoms with E-state index in [4.69, 9.17) is 10.00 Å². The lowest BCUT2D eigenvalue weighted by molar-refractivity contribution is -0.137. The predicted molar refractivity (Wildman–Crippen MR) is 65.4 cm³/mol. The zero-order chi connectivity index (χ0) is 12.5. The normalized spacial score (nSPS) is 9.88. The molecule has 88 valence electrons. The van der Waals surface area contributed by atoms with Crippen molar-refractivity contribution in [1.29, 1.82) is 5.26 Å². The van der Waals surface area contributed by atoms with Crippen LogP contribution < -0.4 is 5.32 Å². The summed E-state index contributed by atoms with van der Waals surface area (Å²) in [5.41, 5.74) is 1.52. The van der Waals surface area contributed by atoms with Gasteiger partial charge in [-0.3, -0.25) is 0 Å². The largest absolute Gasteiger partial charge is 0.463 e. The van der Waals surface area contributed by atoms with Crippen LogP contribution in [0.5, 0.6) is 0 Å². The van der Waals surface area contributed by atoms with Gasteiger partial charge >= 0.3 is 5.97 Å². The topological polar surface area (TPSA) is 62.1 Å². The number of esters is 1. The summed E-state index contributed by atoms with van der Waals surface area (Å²) in [6, 6.07) is 9.15. The van der Waals surface area contributed by atoms with Gasteiger partial charge in [-0.1, -0.05) is 6.08 Å². The van der Waals surface area contributed by atoms with Gasteiger partial charge in [-0.05, 0) is 31.2 Å². The van der Waals surface area contributed by atoms with E-state index < -0.39 is 0 Å². The number of benzene rings is 1. The molecule has 0 amide bonds. The Morgan fingerprint density at radius 3 is 2.76 bits per heavy atom. The highest BCUT2D eigenvalue weighted by atomic mass is 16.5. The van der Waals surface area contributed by atoms with Crippen molar-refractivity contribution in [3.8, 4) is 6.07 Å². The molecule has 1 aromatic carbocycles. The van der Waals surface area contributed by atoms with Crippen molar-refractivity contribution in [2.45, 2.75) is 6.92 Å². The van der Waals surface area contributed by atoms with Crippen LogP contribution >= 0.6 is 0 Å². The Kier molecular flexibility index (Phi) is 5.32. The molecular weight excluding hydrogens is 216 g/mol. The molecule has 17 heavy (non-hydrogen) atoms. The van der Waals surface area contributed by atoms with Crippen LogP contribution in [0.25, 0.3) is 0 Å². The fraction of sp³-hybridized carbons (Fsp3) is 0.231. The van der Waals surface area contributed by atoms with Crippen LogP contribution in [0.2, 0.25) is 0 Å². The lowest BCUT2D eigenvalue weighted by atomic mass is 10.2. The quantitative estimate of drug-likeness (QED) is 0.621. The first-order chi connectivity index (χ1) is 8.26. The monoisotopic (exact) mass is 230 g/mol. The highest BCUT2D eigenvalue weighted by molar-refractivity contribution is 5.81. The van der Waals surface area contributed by atoms with Crippen LogP contribution in [-0.4, -0.2) is 19.1 Å². The zero-order valence-electron chi connectivity index (χ0n) is 9.64. The van der Waals surface area contributed by atoms with E-state index in [1.165, 1.54) is 6.08 Å². The van der Waals surface area contributed by atoms with Gasteiger partial charge in [0.2, 0.25) is 0 Å². The summed E-state index contributed by atoms with van der Waals surface area (Å²) in [4.78, 5) is 11.0. The van der Waals surface area contributed by atoms with Gasteiger partial charge in [0.1, 0.15) is 0 Å². The molecule has 0 unspecified atom stereocenters. The van der Waals surface area contributed by atoms with E-state index >= 15 is 0 Å². The molecule has 0 aliphatic heterocycles. The Hall–Kier alpha value is -2.28. The number of ether oxygens (including phenoxy) is 1. The molecule has 0 saturated heterocycles. The van der Waals surface area contributed by atoms with E-state index in [1.807, 2.05) is 18.2 Å². The lowest BCUT2D eigenvalue weighted by Crippen LogP contribution is -2.02. The lowest BCUT2D eigenvalue weighted by Gasteiger charge is -2.02. The van der Waals surface area contributed by atoms with Crippen LogP contribution in [0.1, 0.15) is 12.5 Å². The average molecular weight is 230 g/mol. The van der Waals surface area contributed by atoms with Gasteiger partial charge in [-0.15, -0.1) is 0 Å². The first kappa shape index (κ1) is 12.8. The van der Waals surface area contributed by atoms with Crippen molar-refractivity contribution in [2.75, 3.05) is 18.5 Å². The molecule has 0 aromatic heterocycles. The molecule has 1 aromatic rings. The molecule has 4 nitrogen and oxygen atoms in total. The Bertz CT molecular complexity index is 430. The van der Waals surface area contributed by atoms with Crippen LogP contribution in [0.15, 0.2) is 36.4 Å². The SMILES string of the molecule is CCOC(=O)/C=C/CNc1ccc(C#N)cc1. The molecule has 0 atom stereocenters. The van der Waals surface area contributed by atoms with Crippen LogP contribution in [0.4, 0.5) is 5.69 Å². The summed E-state index contributed by atoms with van der Waals surface area (Å²) < 4.78 is 4.73. The third-order valence-corrected chi connectivity index (χ3v) is 1.98. The van der Waals surface area contributed by atoms with E-state index in [0.29, 0.717) is 18.7 Å². The summed E-state index contributed by atoms with van der Waals surface area (Å²) in [6.45, 7) is 2.68.